The molecule has 0 aliphatic carbocycles. The fourth-order valence-corrected chi connectivity index (χ4v) is 6.55. The predicted molar refractivity (Wildman–Crippen MR) is 170 cm³/mol. The first-order valence-electron chi connectivity index (χ1n) is 14.2. The molecule has 5 heteroatoms. The zero-order valence-electron chi connectivity index (χ0n) is 22.8. The Labute approximate surface area is 244 Å². The highest BCUT2D eigenvalue weighted by Gasteiger charge is 2.20. The molecule has 9 aromatic rings. The number of aromatic nitrogens is 2. The number of para-hydroxylation sites is 2. The predicted octanol–water partition coefficient (Wildman–Crippen LogP) is 10.6. The minimum atomic E-state index is -0.346. The molecular formula is C38H22F2N2O. The van der Waals surface area contributed by atoms with Gasteiger partial charge in [-0.1, -0.05) is 60.7 Å². The van der Waals surface area contributed by atoms with Crippen LogP contribution in [-0.2, 0) is 0 Å². The molecule has 0 aliphatic heterocycles. The van der Waals surface area contributed by atoms with Gasteiger partial charge in [-0.3, -0.25) is 4.57 Å². The lowest BCUT2D eigenvalue weighted by Gasteiger charge is -2.10. The third-order valence-corrected chi connectivity index (χ3v) is 8.45. The first-order chi connectivity index (χ1) is 21.1. The molecule has 3 nitrogen and oxygen atoms in total. The van der Waals surface area contributed by atoms with E-state index in [0.29, 0.717) is 10.8 Å². The number of fused-ring (bicyclic) bond motifs is 8. The monoisotopic (exact) mass is 560 g/mol. The van der Waals surface area contributed by atoms with Crippen LogP contribution < -0.4 is 0 Å². The summed E-state index contributed by atoms with van der Waals surface area (Å²) in [6, 6.07) is 42.6. The maximum atomic E-state index is 14.2. The van der Waals surface area contributed by atoms with Crippen LogP contribution in [0.4, 0.5) is 8.78 Å². The molecule has 0 fully saturated rings. The maximum absolute atomic E-state index is 14.2. The van der Waals surface area contributed by atoms with Crippen LogP contribution in [0.25, 0.3) is 77.3 Å². The van der Waals surface area contributed by atoms with Crippen molar-refractivity contribution in [3.63, 3.8) is 0 Å². The molecule has 204 valence electrons. The second kappa shape index (κ2) is 8.91. The number of nitrogens with zero attached hydrogens (tertiary/aromatic N) is 2. The average molecular weight is 561 g/mol. The van der Waals surface area contributed by atoms with Gasteiger partial charge >= 0.3 is 0 Å². The van der Waals surface area contributed by atoms with Gasteiger partial charge in [0.2, 0.25) is 5.71 Å². The van der Waals surface area contributed by atoms with Gasteiger partial charge < -0.3 is 8.98 Å². The molecule has 3 heterocycles. The Morgan fingerprint density at radius 3 is 1.79 bits per heavy atom. The summed E-state index contributed by atoms with van der Waals surface area (Å²) in [5, 5.41) is 4.70. The molecule has 0 unspecified atom stereocenters. The number of rotatable bonds is 3. The number of benzene rings is 6. The number of halogens is 2. The van der Waals surface area contributed by atoms with Crippen LogP contribution in [0, 0.1) is 11.6 Å². The van der Waals surface area contributed by atoms with Gasteiger partial charge in [-0.15, -0.1) is 0 Å². The van der Waals surface area contributed by atoms with Crippen molar-refractivity contribution in [1.82, 2.24) is 9.13 Å². The lowest BCUT2D eigenvalue weighted by molar-refractivity contribution is 0.628. The highest BCUT2D eigenvalue weighted by molar-refractivity contribution is 6.20. The van der Waals surface area contributed by atoms with Crippen LogP contribution in [0.5, 0.6) is 0 Å². The van der Waals surface area contributed by atoms with E-state index in [9.17, 15) is 8.78 Å². The van der Waals surface area contributed by atoms with Crippen molar-refractivity contribution in [2.75, 3.05) is 0 Å². The third-order valence-electron chi connectivity index (χ3n) is 8.45. The highest BCUT2D eigenvalue weighted by Crippen LogP contribution is 2.40. The minimum Gasteiger partial charge on any atom is -0.439 e. The van der Waals surface area contributed by atoms with E-state index in [0.717, 1.165) is 66.5 Å². The maximum Gasteiger partial charge on any atom is 0.213 e. The SMILES string of the molecule is Fc1ccc2c(c1)c1cc(F)ccc1n2-c1ccc(-c2ccc3c4c5ccccc5oc4n(-c4ccccc4)c3c2)cc1. The fraction of sp³-hybridized carbons (Fsp3) is 0. The molecule has 6 aromatic carbocycles. The van der Waals surface area contributed by atoms with E-state index < -0.39 is 0 Å². The van der Waals surface area contributed by atoms with Gasteiger partial charge in [-0.25, -0.2) is 8.78 Å². The standard InChI is InChI=1S/C38H22F2N2O/c39-25-13-18-33-31(21-25)32-22-26(40)14-19-34(32)41(33)28-15-10-23(11-16-28)24-12-17-29-35(20-24)42(27-6-2-1-3-7-27)38-37(29)30-8-4-5-9-36(30)43-38/h1-22H. The van der Waals surface area contributed by atoms with Crippen LogP contribution in [0.1, 0.15) is 0 Å². The molecular weight excluding hydrogens is 538 g/mol. The first kappa shape index (κ1) is 24.0. The summed E-state index contributed by atoms with van der Waals surface area (Å²) in [5.41, 5.74) is 8.51. The van der Waals surface area contributed by atoms with Crippen LogP contribution in [0.3, 0.4) is 0 Å². The van der Waals surface area contributed by atoms with Gasteiger partial charge in [0.15, 0.2) is 0 Å². The molecule has 0 bridgehead atoms. The Morgan fingerprint density at radius 1 is 0.442 bits per heavy atom. The van der Waals surface area contributed by atoms with Crippen molar-refractivity contribution in [2.24, 2.45) is 0 Å². The van der Waals surface area contributed by atoms with Crippen LogP contribution >= 0.6 is 0 Å². The normalized spacial score (nSPS) is 12.0. The van der Waals surface area contributed by atoms with E-state index in [1.54, 1.807) is 12.1 Å². The molecule has 0 saturated heterocycles. The quantitative estimate of drug-likeness (QED) is 0.211. The highest BCUT2D eigenvalue weighted by atomic mass is 19.1. The van der Waals surface area contributed by atoms with Gasteiger partial charge in [-0.2, -0.15) is 0 Å². The average Bonchev–Trinajstić information content (AvgIpc) is 3.67. The molecule has 43 heavy (non-hydrogen) atoms. The summed E-state index contributed by atoms with van der Waals surface area (Å²) in [7, 11) is 0. The zero-order valence-corrected chi connectivity index (χ0v) is 22.8. The van der Waals surface area contributed by atoms with Crippen molar-refractivity contribution >= 4 is 54.8 Å². The molecule has 0 aliphatic rings. The molecule has 9 rings (SSSR count). The Morgan fingerprint density at radius 2 is 1.07 bits per heavy atom. The van der Waals surface area contributed by atoms with Crippen molar-refractivity contribution in [1.29, 1.82) is 0 Å². The van der Waals surface area contributed by atoms with E-state index in [1.165, 1.54) is 24.3 Å². The van der Waals surface area contributed by atoms with E-state index in [1.807, 2.05) is 36.4 Å². The topological polar surface area (TPSA) is 23.0 Å². The minimum absolute atomic E-state index is 0.346. The molecule has 0 N–H and O–H groups in total. The van der Waals surface area contributed by atoms with Crippen LogP contribution in [0.2, 0.25) is 0 Å². The van der Waals surface area contributed by atoms with Crippen LogP contribution in [-0.4, -0.2) is 9.13 Å². The number of furan rings is 1. The van der Waals surface area contributed by atoms with E-state index in [-0.39, 0.29) is 11.6 Å². The van der Waals surface area contributed by atoms with Crippen molar-refractivity contribution in [3.8, 4) is 22.5 Å². The lowest BCUT2D eigenvalue weighted by atomic mass is 10.0. The van der Waals surface area contributed by atoms with Crippen molar-refractivity contribution < 1.29 is 13.2 Å². The van der Waals surface area contributed by atoms with E-state index in [4.69, 9.17) is 4.42 Å². The van der Waals surface area contributed by atoms with Gasteiger partial charge in [-0.05, 0) is 83.9 Å². The summed E-state index contributed by atoms with van der Waals surface area (Å²) in [5.74, 6) is -0.691. The summed E-state index contributed by atoms with van der Waals surface area (Å²) in [6.07, 6.45) is 0. The summed E-state index contributed by atoms with van der Waals surface area (Å²) in [6.45, 7) is 0. The Balaban J connectivity index is 1.22. The molecule has 0 atom stereocenters. The lowest BCUT2D eigenvalue weighted by Crippen LogP contribution is -1.94. The van der Waals surface area contributed by atoms with Gasteiger partial charge in [0.25, 0.3) is 0 Å². The fourth-order valence-electron chi connectivity index (χ4n) is 6.55. The van der Waals surface area contributed by atoms with E-state index >= 15 is 0 Å². The number of hydrogen-bond acceptors (Lipinski definition) is 1. The van der Waals surface area contributed by atoms with Crippen LogP contribution in [0.15, 0.2) is 138 Å². The van der Waals surface area contributed by atoms with Gasteiger partial charge in [0, 0.05) is 32.9 Å². The first-order valence-corrected chi connectivity index (χ1v) is 14.2. The summed E-state index contributed by atoms with van der Waals surface area (Å²) < 4.78 is 39.0. The smallest absolute Gasteiger partial charge is 0.213 e. The van der Waals surface area contributed by atoms with E-state index in [2.05, 4.69) is 69.8 Å². The molecule has 0 spiro atoms. The molecule has 0 amide bonds. The zero-order chi connectivity index (χ0) is 28.7. The summed E-state index contributed by atoms with van der Waals surface area (Å²) in [4.78, 5) is 0. The number of hydrogen-bond donors (Lipinski definition) is 0. The second-order valence-corrected chi connectivity index (χ2v) is 10.9. The molecule has 0 saturated carbocycles. The Kier molecular flexibility index (Phi) is 4.97. The third kappa shape index (κ3) is 3.52. The Bertz CT molecular complexity index is 2460. The molecule has 0 radical (unpaired) electrons. The van der Waals surface area contributed by atoms with Gasteiger partial charge in [0.1, 0.15) is 17.2 Å². The summed E-state index contributed by atoms with van der Waals surface area (Å²) >= 11 is 0. The second-order valence-electron chi connectivity index (χ2n) is 10.9. The largest absolute Gasteiger partial charge is 0.439 e. The van der Waals surface area contributed by atoms with Crippen molar-refractivity contribution in [2.45, 2.75) is 0 Å². The van der Waals surface area contributed by atoms with Gasteiger partial charge in [0.05, 0.1) is 21.9 Å². The molecule has 3 aromatic heterocycles. The Hall–Kier alpha value is -5.68. The van der Waals surface area contributed by atoms with Crippen molar-refractivity contribution in [3.05, 3.63) is 145 Å².